The van der Waals surface area contributed by atoms with Gasteiger partial charge in [0.15, 0.2) is 0 Å². The average Bonchev–Trinajstić information content (AvgIpc) is 1.80. The molecule has 0 atom stereocenters. The van der Waals surface area contributed by atoms with Crippen LogP contribution in [0.25, 0.3) is 0 Å². The molecular formula is C5H7F3O2. The van der Waals surface area contributed by atoms with Gasteiger partial charge in [0.25, 0.3) is 0 Å². The number of hydrogen-bond donors (Lipinski definition) is 0. The maximum Gasteiger partial charge on any atom is 0.452 e. The van der Waals surface area contributed by atoms with Gasteiger partial charge in [-0.1, -0.05) is 0 Å². The number of rotatable bonds is 2. The molecule has 2 nitrogen and oxygen atoms in total. The van der Waals surface area contributed by atoms with Crippen LogP contribution in [-0.4, -0.2) is 20.4 Å². The first kappa shape index (κ1) is 9.13. The molecule has 0 N–H and O–H groups in total. The fourth-order valence-corrected chi connectivity index (χ4v) is 0.338. The molecule has 0 heterocycles. The molecule has 60 valence electrons. The molecule has 0 aromatic heterocycles. The Morgan fingerprint density at radius 2 is 1.80 bits per heavy atom. The predicted molar refractivity (Wildman–Crippen MR) is 28.2 cm³/mol. The zero-order chi connectivity index (χ0) is 8.20. The van der Waals surface area contributed by atoms with Crippen molar-refractivity contribution in [3.8, 4) is 0 Å². The molecule has 10 heavy (non-hydrogen) atoms. The molecule has 0 spiro atoms. The fourth-order valence-electron chi connectivity index (χ4n) is 0.338. The van der Waals surface area contributed by atoms with Crippen molar-refractivity contribution in [2.75, 3.05) is 14.2 Å². The minimum atomic E-state index is -4.47. The van der Waals surface area contributed by atoms with Crippen molar-refractivity contribution in [3.63, 3.8) is 0 Å². The Kier molecular flexibility index (Phi) is 3.05. The monoisotopic (exact) mass is 156 g/mol. The molecule has 0 aliphatic carbocycles. The van der Waals surface area contributed by atoms with Crippen LogP contribution in [0, 0.1) is 0 Å². The highest BCUT2D eigenvalue weighted by Crippen LogP contribution is 2.25. The molecule has 0 radical (unpaired) electrons. The van der Waals surface area contributed by atoms with Crippen LogP contribution >= 0.6 is 0 Å². The van der Waals surface area contributed by atoms with Crippen LogP contribution in [0.15, 0.2) is 12.0 Å². The number of ether oxygens (including phenoxy) is 2. The number of halogens is 3. The second-order valence-corrected chi connectivity index (χ2v) is 1.42. The SMILES string of the molecule is COC=C(OC)C(F)(F)F. The second kappa shape index (κ2) is 3.34. The summed E-state index contributed by atoms with van der Waals surface area (Å²) in [6.07, 6.45) is -3.97. The first-order valence-corrected chi connectivity index (χ1v) is 2.36. The molecule has 0 aromatic carbocycles. The molecule has 0 unspecified atom stereocenters. The van der Waals surface area contributed by atoms with E-state index in [1.54, 1.807) is 0 Å². The highest BCUT2D eigenvalue weighted by Gasteiger charge is 2.35. The van der Waals surface area contributed by atoms with Gasteiger partial charge in [0.1, 0.15) is 6.26 Å². The summed E-state index contributed by atoms with van der Waals surface area (Å²) in [5.74, 6) is -1.14. The molecule has 0 saturated carbocycles. The summed E-state index contributed by atoms with van der Waals surface area (Å²) in [6, 6.07) is 0. The second-order valence-electron chi connectivity index (χ2n) is 1.42. The van der Waals surface area contributed by atoms with Gasteiger partial charge in [0, 0.05) is 0 Å². The van der Waals surface area contributed by atoms with Crippen molar-refractivity contribution in [1.82, 2.24) is 0 Å². The van der Waals surface area contributed by atoms with Crippen LogP contribution in [0.4, 0.5) is 13.2 Å². The van der Waals surface area contributed by atoms with Gasteiger partial charge in [-0.25, -0.2) is 0 Å². The maximum atomic E-state index is 11.6. The lowest BCUT2D eigenvalue weighted by Gasteiger charge is -2.08. The van der Waals surface area contributed by atoms with Gasteiger partial charge in [-0.3, -0.25) is 0 Å². The minimum Gasteiger partial charge on any atom is -0.500 e. The molecule has 0 bridgehead atoms. The molecular weight excluding hydrogens is 149 g/mol. The average molecular weight is 156 g/mol. The van der Waals surface area contributed by atoms with Crippen LogP contribution in [0.3, 0.4) is 0 Å². The van der Waals surface area contributed by atoms with E-state index in [9.17, 15) is 13.2 Å². The lowest BCUT2D eigenvalue weighted by atomic mass is 10.5. The van der Waals surface area contributed by atoms with E-state index in [1.807, 2.05) is 0 Å². The van der Waals surface area contributed by atoms with Gasteiger partial charge < -0.3 is 9.47 Å². The Morgan fingerprint density at radius 1 is 1.30 bits per heavy atom. The predicted octanol–water partition coefficient (Wildman–Crippen LogP) is 1.68. The Balaban J connectivity index is 4.21. The summed E-state index contributed by atoms with van der Waals surface area (Å²) in [7, 11) is 2.04. The summed E-state index contributed by atoms with van der Waals surface area (Å²) >= 11 is 0. The van der Waals surface area contributed by atoms with Crippen molar-refractivity contribution in [3.05, 3.63) is 12.0 Å². The lowest BCUT2D eigenvalue weighted by molar-refractivity contribution is -0.128. The third-order valence-corrected chi connectivity index (χ3v) is 0.724. The van der Waals surface area contributed by atoms with E-state index < -0.39 is 11.9 Å². The van der Waals surface area contributed by atoms with E-state index in [1.165, 1.54) is 0 Å². The zero-order valence-corrected chi connectivity index (χ0v) is 5.53. The quantitative estimate of drug-likeness (QED) is 0.566. The van der Waals surface area contributed by atoms with E-state index >= 15 is 0 Å². The van der Waals surface area contributed by atoms with Crippen LogP contribution in [0.5, 0.6) is 0 Å². The van der Waals surface area contributed by atoms with Gasteiger partial charge >= 0.3 is 6.18 Å². The van der Waals surface area contributed by atoms with Crippen molar-refractivity contribution < 1.29 is 22.6 Å². The Labute approximate surface area is 56.2 Å². The number of hydrogen-bond acceptors (Lipinski definition) is 2. The summed E-state index contributed by atoms with van der Waals surface area (Å²) < 4.78 is 43.0. The highest BCUT2D eigenvalue weighted by molar-refractivity contribution is 4.95. The topological polar surface area (TPSA) is 18.5 Å². The fraction of sp³-hybridized carbons (Fsp3) is 0.600. The standard InChI is InChI=1S/C5H7F3O2/c1-9-3-4(10-2)5(6,7)8/h3H,1-2H3. The summed E-state index contributed by atoms with van der Waals surface area (Å²) in [6.45, 7) is 0. The van der Waals surface area contributed by atoms with E-state index in [2.05, 4.69) is 9.47 Å². The minimum absolute atomic E-state index is 0.500. The normalized spacial score (nSPS) is 13.1. The summed E-state index contributed by atoms with van der Waals surface area (Å²) in [4.78, 5) is 0. The smallest absolute Gasteiger partial charge is 0.452 e. The molecule has 5 heteroatoms. The number of methoxy groups -OCH3 is 2. The van der Waals surface area contributed by atoms with E-state index in [4.69, 9.17) is 0 Å². The van der Waals surface area contributed by atoms with E-state index in [-0.39, 0.29) is 0 Å². The third-order valence-electron chi connectivity index (χ3n) is 0.724. The van der Waals surface area contributed by atoms with E-state index in [0.717, 1.165) is 14.2 Å². The van der Waals surface area contributed by atoms with Gasteiger partial charge in [0.05, 0.1) is 14.2 Å². The van der Waals surface area contributed by atoms with Crippen molar-refractivity contribution in [2.24, 2.45) is 0 Å². The molecule has 0 aliphatic rings. The van der Waals surface area contributed by atoms with Crippen molar-refractivity contribution in [1.29, 1.82) is 0 Å². The van der Waals surface area contributed by atoms with Crippen LogP contribution in [-0.2, 0) is 9.47 Å². The Morgan fingerprint density at radius 3 is 1.90 bits per heavy atom. The van der Waals surface area contributed by atoms with E-state index in [0.29, 0.717) is 6.26 Å². The molecule has 0 aliphatic heterocycles. The van der Waals surface area contributed by atoms with Crippen molar-refractivity contribution in [2.45, 2.75) is 6.18 Å². The summed E-state index contributed by atoms with van der Waals surface area (Å²) in [5.41, 5.74) is 0. The van der Waals surface area contributed by atoms with Gasteiger partial charge in [0.2, 0.25) is 5.76 Å². The summed E-state index contributed by atoms with van der Waals surface area (Å²) in [5, 5.41) is 0. The van der Waals surface area contributed by atoms with Gasteiger partial charge in [-0.05, 0) is 0 Å². The molecule has 0 amide bonds. The first-order valence-electron chi connectivity index (χ1n) is 2.36. The maximum absolute atomic E-state index is 11.6. The van der Waals surface area contributed by atoms with Crippen LogP contribution < -0.4 is 0 Å². The first-order chi connectivity index (χ1) is 4.52. The molecule has 0 fully saturated rings. The van der Waals surface area contributed by atoms with Gasteiger partial charge in [-0.15, -0.1) is 0 Å². The molecule has 0 aromatic rings. The third kappa shape index (κ3) is 2.61. The Bertz CT molecular complexity index is 127. The van der Waals surface area contributed by atoms with Crippen LogP contribution in [0.1, 0.15) is 0 Å². The molecule has 0 saturated heterocycles. The van der Waals surface area contributed by atoms with Crippen LogP contribution in [0.2, 0.25) is 0 Å². The van der Waals surface area contributed by atoms with Crippen molar-refractivity contribution >= 4 is 0 Å². The Hall–Kier alpha value is -0.870. The number of allylic oxidation sites excluding steroid dienone is 1. The zero-order valence-electron chi connectivity index (χ0n) is 5.53. The van der Waals surface area contributed by atoms with Gasteiger partial charge in [-0.2, -0.15) is 13.2 Å². The largest absolute Gasteiger partial charge is 0.500 e. The molecule has 0 rings (SSSR count). The number of alkyl halides is 3. The highest BCUT2D eigenvalue weighted by atomic mass is 19.4. The lowest BCUT2D eigenvalue weighted by Crippen LogP contribution is -2.13.